The number of imidazole rings is 1. The fourth-order valence-corrected chi connectivity index (χ4v) is 2.87. The summed E-state index contributed by atoms with van der Waals surface area (Å²) in [6.45, 7) is 4.78. The molecule has 6 heteroatoms. The number of pyridine rings is 2. The lowest BCUT2D eigenvalue weighted by Crippen LogP contribution is -2.24. The summed E-state index contributed by atoms with van der Waals surface area (Å²) >= 11 is 0. The quantitative estimate of drug-likeness (QED) is 0.677. The second-order valence-electron chi connectivity index (χ2n) is 5.23. The highest BCUT2D eigenvalue weighted by atomic mass is 16.5. The molecule has 2 atom stereocenters. The number of fused-ring (bicyclic) bond motifs is 5. The summed E-state index contributed by atoms with van der Waals surface area (Å²) in [6.07, 6.45) is 1.73. The maximum atomic E-state index is 6.07. The highest BCUT2D eigenvalue weighted by Gasteiger charge is 2.28. The molecule has 0 amide bonds. The second kappa shape index (κ2) is 3.89. The first-order valence-electron chi connectivity index (χ1n) is 6.70. The summed E-state index contributed by atoms with van der Waals surface area (Å²) in [5.74, 6) is 1.34. The van der Waals surface area contributed by atoms with E-state index in [0.717, 1.165) is 27.9 Å². The molecule has 0 aliphatic carbocycles. The topological polar surface area (TPSA) is 78.9 Å². The number of hydrogen-bond donors (Lipinski definition) is 1. The van der Waals surface area contributed by atoms with Gasteiger partial charge in [-0.2, -0.15) is 0 Å². The summed E-state index contributed by atoms with van der Waals surface area (Å²) < 4.78 is 7.92. The van der Waals surface area contributed by atoms with Crippen LogP contribution in [0.15, 0.2) is 18.3 Å². The number of nitrogen functional groups attached to an aromatic ring is 1. The highest BCUT2D eigenvalue weighted by molar-refractivity contribution is 6.04. The van der Waals surface area contributed by atoms with Crippen molar-refractivity contribution in [2.75, 3.05) is 12.3 Å². The van der Waals surface area contributed by atoms with E-state index in [2.05, 4.69) is 26.4 Å². The fraction of sp³-hybridized carbons (Fsp3) is 0.357. The number of aromatic nitrogens is 4. The van der Waals surface area contributed by atoms with Gasteiger partial charge in [0.15, 0.2) is 5.82 Å². The van der Waals surface area contributed by atoms with Gasteiger partial charge in [0.1, 0.15) is 28.5 Å². The molecule has 2 N–H and O–H groups in total. The Kier molecular flexibility index (Phi) is 2.26. The molecule has 0 spiro atoms. The minimum atomic E-state index is -0.0447. The van der Waals surface area contributed by atoms with Crippen LogP contribution in [-0.4, -0.2) is 26.1 Å². The minimum Gasteiger partial charge on any atom is -0.382 e. The second-order valence-corrected chi connectivity index (χ2v) is 5.23. The molecular formula is C14H15N5O. The van der Waals surface area contributed by atoms with E-state index in [1.165, 1.54) is 0 Å². The van der Waals surface area contributed by atoms with Crippen molar-refractivity contribution in [1.82, 2.24) is 19.5 Å². The molecule has 0 saturated carbocycles. The van der Waals surface area contributed by atoms with Crippen LogP contribution in [0.4, 0.5) is 5.82 Å². The van der Waals surface area contributed by atoms with Crippen molar-refractivity contribution in [3.63, 3.8) is 0 Å². The number of nitrogens with zero attached hydrogens (tertiary/aromatic N) is 4. The third-order valence-electron chi connectivity index (χ3n) is 3.82. The lowest BCUT2D eigenvalue weighted by Gasteiger charge is -2.27. The summed E-state index contributed by atoms with van der Waals surface area (Å²) in [7, 11) is 0. The number of nitrogens with two attached hydrogens (primary N) is 1. The average molecular weight is 269 g/mol. The van der Waals surface area contributed by atoms with Crippen LogP contribution in [0.1, 0.15) is 31.8 Å². The van der Waals surface area contributed by atoms with Gasteiger partial charge in [0.05, 0.1) is 18.2 Å². The van der Waals surface area contributed by atoms with Gasteiger partial charge in [-0.15, -0.1) is 0 Å². The predicted molar refractivity (Wildman–Crippen MR) is 76.3 cm³/mol. The summed E-state index contributed by atoms with van der Waals surface area (Å²) in [6, 6.07) is 3.99. The van der Waals surface area contributed by atoms with Gasteiger partial charge in [-0.1, -0.05) is 0 Å². The summed E-state index contributed by atoms with van der Waals surface area (Å²) in [5, 5.41) is 0. The molecule has 20 heavy (non-hydrogen) atoms. The van der Waals surface area contributed by atoms with Crippen LogP contribution in [0.25, 0.3) is 22.1 Å². The number of hydrogen-bond acceptors (Lipinski definition) is 5. The first kappa shape index (κ1) is 11.6. The SMILES string of the molecule is CC1OC[C@H](C)n2c1nc1c(N)nc3cccnc3c12. The van der Waals surface area contributed by atoms with E-state index in [9.17, 15) is 0 Å². The van der Waals surface area contributed by atoms with Crippen molar-refractivity contribution >= 4 is 27.9 Å². The molecule has 0 fully saturated rings. The van der Waals surface area contributed by atoms with Crippen LogP contribution in [-0.2, 0) is 4.74 Å². The van der Waals surface area contributed by atoms with Crippen molar-refractivity contribution < 1.29 is 4.74 Å². The third-order valence-corrected chi connectivity index (χ3v) is 3.82. The Bertz CT molecular complexity index is 825. The molecule has 102 valence electrons. The van der Waals surface area contributed by atoms with Crippen molar-refractivity contribution in [3.05, 3.63) is 24.2 Å². The van der Waals surface area contributed by atoms with Crippen LogP contribution in [0.2, 0.25) is 0 Å². The predicted octanol–water partition coefficient (Wildman–Crippen LogP) is 2.21. The van der Waals surface area contributed by atoms with Crippen molar-refractivity contribution in [2.45, 2.75) is 26.0 Å². The fourth-order valence-electron chi connectivity index (χ4n) is 2.87. The molecule has 0 aromatic carbocycles. The monoisotopic (exact) mass is 269 g/mol. The molecule has 4 heterocycles. The Morgan fingerprint density at radius 3 is 3.00 bits per heavy atom. The van der Waals surface area contributed by atoms with Crippen molar-refractivity contribution in [3.8, 4) is 0 Å². The molecular weight excluding hydrogens is 254 g/mol. The molecule has 1 aliphatic heterocycles. The Balaban J connectivity index is 2.23. The summed E-state index contributed by atoms with van der Waals surface area (Å²) in [4.78, 5) is 13.5. The Morgan fingerprint density at radius 2 is 2.15 bits per heavy atom. The van der Waals surface area contributed by atoms with Crippen LogP contribution in [0.5, 0.6) is 0 Å². The molecule has 6 nitrogen and oxygen atoms in total. The standard InChI is InChI=1S/C14H15N5O/c1-7-6-20-8(2)14-18-11-12(19(7)14)10-9(17-13(11)15)4-3-5-16-10/h3-5,7-8H,6H2,1-2H3,(H2,15,17)/t7-,8?/m0/s1. The Morgan fingerprint density at radius 1 is 1.30 bits per heavy atom. The lowest BCUT2D eigenvalue weighted by atomic mass is 10.2. The average Bonchev–Trinajstić information content (AvgIpc) is 2.86. The van der Waals surface area contributed by atoms with Gasteiger partial charge >= 0.3 is 0 Å². The van der Waals surface area contributed by atoms with Crippen LogP contribution < -0.4 is 5.73 Å². The third kappa shape index (κ3) is 1.39. The molecule has 3 aromatic rings. The maximum Gasteiger partial charge on any atom is 0.152 e. The van der Waals surface area contributed by atoms with Crippen molar-refractivity contribution in [2.24, 2.45) is 0 Å². The molecule has 1 aliphatic rings. The van der Waals surface area contributed by atoms with Crippen LogP contribution in [0.3, 0.4) is 0 Å². The van der Waals surface area contributed by atoms with Gasteiger partial charge in [-0.25, -0.2) is 9.97 Å². The van der Waals surface area contributed by atoms with E-state index in [4.69, 9.17) is 10.5 Å². The number of rotatable bonds is 0. The zero-order chi connectivity index (χ0) is 13.9. The van der Waals surface area contributed by atoms with E-state index in [-0.39, 0.29) is 12.1 Å². The highest BCUT2D eigenvalue weighted by Crippen LogP contribution is 2.35. The Hall–Kier alpha value is -2.21. The molecule has 0 bridgehead atoms. The summed E-state index contributed by atoms with van der Waals surface area (Å²) in [5.41, 5.74) is 9.39. The Labute approximate surface area is 115 Å². The van der Waals surface area contributed by atoms with Crippen LogP contribution >= 0.6 is 0 Å². The van der Waals surface area contributed by atoms with E-state index in [1.54, 1.807) is 6.20 Å². The van der Waals surface area contributed by atoms with Gasteiger partial charge in [0.25, 0.3) is 0 Å². The van der Waals surface area contributed by atoms with Crippen LogP contribution in [0, 0.1) is 0 Å². The number of anilines is 1. The lowest BCUT2D eigenvalue weighted by molar-refractivity contribution is 0.0135. The molecule has 0 saturated heterocycles. The first-order chi connectivity index (χ1) is 9.66. The zero-order valence-corrected chi connectivity index (χ0v) is 11.4. The van der Waals surface area contributed by atoms with E-state index >= 15 is 0 Å². The van der Waals surface area contributed by atoms with Gasteiger partial charge in [-0.3, -0.25) is 4.98 Å². The van der Waals surface area contributed by atoms with E-state index in [1.807, 2.05) is 19.1 Å². The van der Waals surface area contributed by atoms with Crippen molar-refractivity contribution in [1.29, 1.82) is 0 Å². The van der Waals surface area contributed by atoms with Gasteiger partial charge in [0, 0.05) is 6.20 Å². The maximum absolute atomic E-state index is 6.07. The van der Waals surface area contributed by atoms with Gasteiger partial charge < -0.3 is 15.0 Å². The number of ether oxygens (including phenoxy) is 1. The first-order valence-corrected chi connectivity index (χ1v) is 6.70. The molecule has 3 aromatic heterocycles. The largest absolute Gasteiger partial charge is 0.382 e. The normalized spacial score (nSPS) is 22.3. The minimum absolute atomic E-state index is 0.0447. The van der Waals surface area contributed by atoms with E-state index in [0.29, 0.717) is 12.4 Å². The molecule has 0 radical (unpaired) electrons. The smallest absolute Gasteiger partial charge is 0.152 e. The van der Waals surface area contributed by atoms with Gasteiger partial charge in [-0.05, 0) is 26.0 Å². The molecule has 4 rings (SSSR count). The van der Waals surface area contributed by atoms with E-state index < -0.39 is 0 Å². The molecule has 1 unspecified atom stereocenters. The zero-order valence-electron chi connectivity index (χ0n) is 11.4. The van der Waals surface area contributed by atoms with Gasteiger partial charge in [0.2, 0.25) is 0 Å².